The summed E-state index contributed by atoms with van der Waals surface area (Å²) in [5.74, 6) is 1.53. The Morgan fingerprint density at radius 3 is 2.56 bits per heavy atom. The third-order valence-electron chi connectivity index (χ3n) is 2.84. The number of aromatic nitrogens is 2. The van der Waals surface area contributed by atoms with E-state index in [4.69, 9.17) is 0 Å². The van der Waals surface area contributed by atoms with Gasteiger partial charge in [0.1, 0.15) is 0 Å². The normalized spacial score (nSPS) is 17.6. The van der Waals surface area contributed by atoms with E-state index in [1.807, 2.05) is 19.0 Å². The van der Waals surface area contributed by atoms with Crippen LogP contribution in [0.5, 0.6) is 0 Å². The van der Waals surface area contributed by atoms with E-state index in [-0.39, 0.29) is 0 Å². The maximum atomic E-state index is 4.46. The number of anilines is 2. The van der Waals surface area contributed by atoms with Gasteiger partial charge in [-0.2, -0.15) is 9.36 Å². The van der Waals surface area contributed by atoms with E-state index >= 15 is 0 Å². The summed E-state index contributed by atoms with van der Waals surface area (Å²) in [6, 6.07) is 0. The molecule has 0 saturated heterocycles. The van der Waals surface area contributed by atoms with E-state index in [1.165, 1.54) is 30.8 Å². The van der Waals surface area contributed by atoms with Crippen molar-refractivity contribution in [3.63, 3.8) is 0 Å². The molecule has 5 heteroatoms. The summed E-state index contributed by atoms with van der Waals surface area (Å²) in [5, 5.41) is 4.51. The summed E-state index contributed by atoms with van der Waals surface area (Å²) >= 11 is 1.46. The van der Waals surface area contributed by atoms with Gasteiger partial charge in [0, 0.05) is 31.2 Å². The first-order valence-electron chi connectivity index (χ1n) is 5.80. The summed E-state index contributed by atoms with van der Waals surface area (Å²) in [6.45, 7) is 4.54. The second kappa shape index (κ2) is 4.20. The minimum atomic E-state index is 0.317. The Morgan fingerprint density at radius 2 is 2.12 bits per heavy atom. The molecule has 0 radical (unpaired) electrons. The summed E-state index contributed by atoms with van der Waals surface area (Å²) < 4.78 is 4.30. The third kappa shape index (κ3) is 2.64. The van der Waals surface area contributed by atoms with Crippen LogP contribution in [0, 0.1) is 5.92 Å². The summed E-state index contributed by atoms with van der Waals surface area (Å²) in [4.78, 5) is 6.40. The van der Waals surface area contributed by atoms with Crippen LogP contribution in [0.15, 0.2) is 0 Å². The summed E-state index contributed by atoms with van der Waals surface area (Å²) in [6.07, 6.45) is 3.76. The molecule has 1 aromatic rings. The fourth-order valence-corrected chi connectivity index (χ4v) is 2.74. The van der Waals surface area contributed by atoms with Crippen LogP contribution >= 0.6 is 11.5 Å². The highest BCUT2D eigenvalue weighted by Gasteiger charge is 2.43. The molecule has 0 aromatic carbocycles. The lowest BCUT2D eigenvalue weighted by atomic mass is 10.0. The monoisotopic (exact) mass is 240 g/mol. The van der Waals surface area contributed by atoms with Gasteiger partial charge in [-0.25, -0.2) is 0 Å². The number of hydrogen-bond acceptors (Lipinski definition) is 5. The Labute approximate surface area is 101 Å². The molecule has 1 fully saturated rings. The molecule has 0 unspecified atom stereocenters. The zero-order valence-electron chi connectivity index (χ0n) is 10.4. The molecule has 4 nitrogen and oxygen atoms in total. The Morgan fingerprint density at radius 1 is 1.44 bits per heavy atom. The second-order valence-electron chi connectivity index (χ2n) is 5.30. The largest absolute Gasteiger partial charge is 0.355 e. The minimum absolute atomic E-state index is 0.317. The molecule has 1 aliphatic carbocycles. The van der Waals surface area contributed by atoms with Gasteiger partial charge in [-0.3, -0.25) is 0 Å². The molecule has 1 aromatic heterocycles. The molecule has 1 saturated carbocycles. The lowest BCUT2D eigenvalue weighted by molar-refractivity contribution is 0.508. The Hall–Kier alpha value is -0.840. The molecule has 0 amide bonds. The first kappa shape index (κ1) is 11.6. The van der Waals surface area contributed by atoms with Gasteiger partial charge >= 0.3 is 0 Å². The highest BCUT2D eigenvalue weighted by molar-refractivity contribution is 7.09. The first-order valence-corrected chi connectivity index (χ1v) is 6.57. The molecular weight excluding hydrogens is 220 g/mol. The molecule has 1 heterocycles. The van der Waals surface area contributed by atoms with Crippen LogP contribution in [-0.4, -0.2) is 29.0 Å². The third-order valence-corrected chi connectivity index (χ3v) is 3.46. The zero-order chi connectivity index (χ0) is 11.8. The van der Waals surface area contributed by atoms with Gasteiger partial charge in [-0.15, -0.1) is 0 Å². The molecule has 0 atom stereocenters. The van der Waals surface area contributed by atoms with E-state index in [0.717, 1.165) is 17.0 Å². The fraction of sp³-hybridized carbons (Fsp3) is 0.818. The Bertz CT molecular complexity index is 355. The van der Waals surface area contributed by atoms with Crippen LogP contribution in [0.2, 0.25) is 0 Å². The molecule has 0 spiro atoms. The first-order chi connectivity index (χ1) is 7.51. The van der Waals surface area contributed by atoms with Crippen molar-refractivity contribution in [2.24, 2.45) is 5.92 Å². The van der Waals surface area contributed by atoms with Crippen molar-refractivity contribution in [3.8, 4) is 0 Å². The molecule has 1 aliphatic rings. The standard InChI is InChI=1S/C11H20N4S/c1-8(2)7-11(5-6-11)13-10-12-9(14-16-10)15(3)4/h8H,5-7H2,1-4H3,(H,12,13,14). The van der Waals surface area contributed by atoms with Crippen LogP contribution in [-0.2, 0) is 0 Å². The van der Waals surface area contributed by atoms with Crippen molar-refractivity contribution >= 4 is 22.6 Å². The van der Waals surface area contributed by atoms with Crippen LogP contribution in [0.25, 0.3) is 0 Å². The maximum Gasteiger partial charge on any atom is 0.238 e. The average Bonchev–Trinajstić information content (AvgIpc) is 2.75. The van der Waals surface area contributed by atoms with Crippen molar-refractivity contribution in [2.45, 2.75) is 38.6 Å². The molecule has 90 valence electrons. The number of nitrogens with zero attached hydrogens (tertiary/aromatic N) is 3. The van der Waals surface area contributed by atoms with Crippen LogP contribution < -0.4 is 10.2 Å². The minimum Gasteiger partial charge on any atom is -0.355 e. The van der Waals surface area contributed by atoms with Gasteiger partial charge in [0.05, 0.1) is 0 Å². The maximum absolute atomic E-state index is 4.46. The van der Waals surface area contributed by atoms with E-state index in [1.54, 1.807) is 0 Å². The van der Waals surface area contributed by atoms with E-state index < -0.39 is 0 Å². The smallest absolute Gasteiger partial charge is 0.238 e. The molecule has 16 heavy (non-hydrogen) atoms. The van der Waals surface area contributed by atoms with Crippen molar-refractivity contribution in [2.75, 3.05) is 24.3 Å². The van der Waals surface area contributed by atoms with Gasteiger partial charge in [-0.05, 0) is 25.2 Å². The topological polar surface area (TPSA) is 41.1 Å². The quantitative estimate of drug-likeness (QED) is 0.859. The van der Waals surface area contributed by atoms with E-state index in [0.29, 0.717) is 5.54 Å². The molecule has 0 aliphatic heterocycles. The van der Waals surface area contributed by atoms with Crippen molar-refractivity contribution in [1.29, 1.82) is 0 Å². The van der Waals surface area contributed by atoms with E-state index in [2.05, 4.69) is 28.5 Å². The van der Waals surface area contributed by atoms with E-state index in [9.17, 15) is 0 Å². The van der Waals surface area contributed by atoms with Gasteiger partial charge in [0.25, 0.3) is 0 Å². The number of rotatable bonds is 5. The van der Waals surface area contributed by atoms with Crippen LogP contribution in [0.4, 0.5) is 11.1 Å². The lowest BCUT2D eigenvalue weighted by Gasteiger charge is -2.18. The zero-order valence-corrected chi connectivity index (χ0v) is 11.3. The number of nitrogens with one attached hydrogen (secondary N) is 1. The highest BCUT2D eigenvalue weighted by atomic mass is 32.1. The average molecular weight is 240 g/mol. The SMILES string of the molecule is CC(C)CC1(Nc2nc(N(C)C)ns2)CC1. The molecule has 1 N–H and O–H groups in total. The van der Waals surface area contributed by atoms with Crippen molar-refractivity contribution in [1.82, 2.24) is 9.36 Å². The molecule has 2 rings (SSSR count). The highest BCUT2D eigenvalue weighted by Crippen LogP contribution is 2.44. The number of hydrogen-bond donors (Lipinski definition) is 1. The predicted octanol–water partition coefficient (Wildman–Crippen LogP) is 2.59. The van der Waals surface area contributed by atoms with Gasteiger partial charge in [-0.1, -0.05) is 13.8 Å². The second-order valence-corrected chi connectivity index (χ2v) is 6.05. The fourth-order valence-electron chi connectivity index (χ4n) is 1.99. The predicted molar refractivity (Wildman–Crippen MR) is 69.3 cm³/mol. The van der Waals surface area contributed by atoms with Crippen LogP contribution in [0.1, 0.15) is 33.1 Å². The van der Waals surface area contributed by atoms with Gasteiger partial charge < -0.3 is 10.2 Å². The van der Waals surface area contributed by atoms with Crippen molar-refractivity contribution in [3.05, 3.63) is 0 Å². The Kier molecular flexibility index (Phi) is 3.06. The van der Waals surface area contributed by atoms with Crippen LogP contribution in [0.3, 0.4) is 0 Å². The molecule has 0 bridgehead atoms. The lowest BCUT2D eigenvalue weighted by Crippen LogP contribution is -2.23. The van der Waals surface area contributed by atoms with Crippen molar-refractivity contribution < 1.29 is 0 Å². The Balaban J connectivity index is 1.98. The van der Waals surface area contributed by atoms with Gasteiger partial charge in [0.2, 0.25) is 11.1 Å². The summed E-state index contributed by atoms with van der Waals surface area (Å²) in [7, 11) is 3.93. The van der Waals surface area contributed by atoms with Gasteiger partial charge in [0.15, 0.2) is 0 Å². The molecular formula is C11H20N4S. The summed E-state index contributed by atoms with van der Waals surface area (Å²) in [5.41, 5.74) is 0.317.